The number of amides is 3. The molecule has 8 nitrogen and oxygen atoms in total. The summed E-state index contributed by atoms with van der Waals surface area (Å²) in [5.41, 5.74) is -0.134. The third-order valence-electron chi connectivity index (χ3n) is 5.09. The molecule has 34 heavy (non-hydrogen) atoms. The largest absolute Gasteiger partial charge is 0.508 e. The number of phenolic OH excluding ortho intramolecular Hbond substituents is 1. The fraction of sp³-hybridized carbons (Fsp3) is 0.640. The molecule has 0 saturated heterocycles. The summed E-state index contributed by atoms with van der Waals surface area (Å²) in [5.74, 6) is 0.0295. The van der Waals surface area contributed by atoms with Crippen LogP contribution < -0.4 is 10.6 Å². The molecule has 0 heterocycles. The second kappa shape index (κ2) is 13.5. The minimum absolute atomic E-state index is 0.0672. The zero-order chi connectivity index (χ0) is 26.1. The molecule has 0 fully saturated rings. The van der Waals surface area contributed by atoms with Gasteiger partial charge in [-0.15, -0.1) is 0 Å². The maximum absolute atomic E-state index is 13.9. The van der Waals surface area contributed by atoms with Crippen molar-refractivity contribution in [1.82, 2.24) is 15.5 Å². The van der Waals surface area contributed by atoms with Crippen LogP contribution in [0.2, 0.25) is 0 Å². The third-order valence-corrected chi connectivity index (χ3v) is 5.73. The number of phenols is 1. The Balaban J connectivity index is 3.46. The Morgan fingerprint density at radius 2 is 1.68 bits per heavy atom. The van der Waals surface area contributed by atoms with Gasteiger partial charge in [-0.25, -0.2) is 4.79 Å². The van der Waals surface area contributed by atoms with E-state index >= 15 is 0 Å². The van der Waals surface area contributed by atoms with E-state index in [1.165, 1.54) is 12.1 Å². The van der Waals surface area contributed by atoms with Crippen molar-refractivity contribution in [3.63, 3.8) is 0 Å². The van der Waals surface area contributed by atoms with Crippen LogP contribution in [0.5, 0.6) is 5.75 Å². The highest BCUT2D eigenvalue weighted by Crippen LogP contribution is 2.28. The number of thioether (sulfide) groups is 1. The smallest absolute Gasteiger partial charge is 0.408 e. The SMILES string of the molecule is CCC(C)N(C(=O)C(CCSC)NC(=O)OC(C)(C)C)C(C(=O)NC(C)C)c1ccc(O)cc1. The van der Waals surface area contributed by atoms with E-state index in [4.69, 9.17) is 4.74 Å². The third kappa shape index (κ3) is 9.44. The fourth-order valence-electron chi connectivity index (χ4n) is 3.38. The molecule has 0 aromatic heterocycles. The molecular formula is C25H41N3O5S. The highest BCUT2D eigenvalue weighted by molar-refractivity contribution is 7.98. The van der Waals surface area contributed by atoms with Gasteiger partial charge in [-0.1, -0.05) is 19.1 Å². The molecule has 1 aromatic rings. The van der Waals surface area contributed by atoms with Crippen LogP contribution >= 0.6 is 11.8 Å². The Kier molecular flexibility index (Phi) is 11.7. The van der Waals surface area contributed by atoms with E-state index in [-0.39, 0.29) is 29.6 Å². The van der Waals surface area contributed by atoms with Gasteiger partial charge in [0.05, 0.1) is 0 Å². The van der Waals surface area contributed by atoms with Crippen LogP contribution in [0.4, 0.5) is 4.79 Å². The summed E-state index contributed by atoms with van der Waals surface area (Å²) in [6.07, 6.45) is 2.25. The van der Waals surface area contributed by atoms with Gasteiger partial charge in [-0.3, -0.25) is 9.59 Å². The molecule has 0 aliphatic rings. The molecule has 0 aliphatic heterocycles. The highest BCUT2D eigenvalue weighted by atomic mass is 32.2. The summed E-state index contributed by atoms with van der Waals surface area (Å²) < 4.78 is 5.39. The molecule has 3 atom stereocenters. The van der Waals surface area contributed by atoms with E-state index in [1.54, 1.807) is 49.6 Å². The molecule has 1 aromatic carbocycles. The van der Waals surface area contributed by atoms with Crippen molar-refractivity contribution in [2.45, 2.75) is 91.1 Å². The van der Waals surface area contributed by atoms with Gasteiger partial charge in [0.15, 0.2) is 0 Å². The molecule has 0 saturated carbocycles. The monoisotopic (exact) mass is 495 g/mol. The molecule has 0 radical (unpaired) electrons. The van der Waals surface area contributed by atoms with Crippen LogP contribution in [-0.2, 0) is 14.3 Å². The van der Waals surface area contributed by atoms with Gasteiger partial charge in [0.2, 0.25) is 11.8 Å². The molecule has 1 rings (SSSR count). The van der Waals surface area contributed by atoms with Crippen LogP contribution in [0.1, 0.15) is 72.9 Å². The Labute approximate surface area is 208 Å². The Bertz CT molecular complexity index is 808. The molecule has 3 N–H and O–H groups in total. The zero-order valence-corrected chi connectivity index (χ0v) is 22.5. The van der Waals surface area contributed by atoms with Crippen LogP contribution in [0.15, 0.2) is 24.3 Å². The summed E-state index contributed by atoms with van der Waals surface area (Å²) in [7, 11) is 0. The lowest BCUT2D eigenvalue weighted by molar-refractivity contribution is -0.145. The van der Waals surface area contributed by atoms with E-state index in [2.05, 4.69) is 10.6 Å². The summed E-state index contributed by atoms with van der Waals surface area (Å²) >= 11 is 1.56. The number of ether oxygens (including phenoxy) is 1. The average Bonchev–Trinajstić information content (AvgIpc) is 2.72. The van der Waals surface area contributed by atoms with Gasteiger partial charge in [0, 0.05) is 12.1 Å². The second-order valence-electron chi connectivity index (χ2n) is 9.64. The molecule has 3 amide bonds. The normalized spacial score (nSPS) is 14.1. The Morgan fingerprint density at radius 1 is 1.09 bits per heavy atom. The quantitative estimate of drug-likeness (QED) is 0.424. The first-order chi connectivity index (χ1) is 15.8. The van der Waals surface area contributed by atoms with E-state index < -0.39 is 23.8 Å². The van der Waals surface area contributed by atoms with Crippen molar-refractivity contribution in [3.8, 4) is 5.75 Å². The van der Waals surface area contributed by atoms with Crippen molar-refractivity contribution in [2.75, 3.05) is 12.0 Å². The van der Waals surface area contributed by atoms with Crippen molar-refractivity contribution in [1.29, 1.82) is 0 Å². The average molecular weight is 496 g/mol. The molecule has 9 heteroatoms. The Hall–Kier alpha value is -2.42. The predicted molar refractivity (Wildman–Crippen MR) is 137 cm³/mol. The van der Waals surface area contributed by atoms with Gasteiger partial charge in [0.1, 0.15) is 23.4 Å². The first kappa shape index (κ1) is 29.6. The number of hydrogen-bond acceptors (Lipinski definition) is 6. The van der Waals surface area contributed by atoms with E-state index in [9.17, 15) is 19.5 Å². The number of aromatic hydroxyl groups is 1. The summed E-state index contributed by atoms with van der Waals surface area (Å²) in [5, 5.41) is 15.4. The first-order valence-corrected chi connectivity index (χ1v) is 13.1. The zero-order valence-electron chi connectivity index (χ0n) is 21.7. The number of hydrogen-bond donors (Lipinski definition) is 3. The molecule has 192 valence electrons. The number of carbonyl (C=O) groups is 3. The van der Waals surface area contributed by atoms with Gasteiger partial charge < -0.3 is 25.4 Å². The maximum Gasteiger partial charge on any atom is 0.408 e. The summed E-state index contributed by atoms with van der Waals surface area (Å²) in [6, 6.07) is 4.06. The number of rotatable bonds is 11. The summed E-state index contributed by atoms with van der Waals surface area (Å²) in [6.45, 7) is 12.8. The first-order valence-electron chi connectivity index (χ1n) is 11.7. The van der Waals surface area contributed by atoms with Gasteiger partial charge in [-0.05, 0) is 84.1 Å². The van der Waals surface area contributed by atoms with Crippen LogP contribution in [-0.4, -0.2) is 63.6 Å². The molecule has 3 unspecified atom stereocenters. The van der Waals surface area contributed by atoms with Crippen LogP contribution in [0.3, 0.4) is 0 Å². The molecule has 0 spiro atoms. The van der Waals surface area contributed by atoms with Crippen LogP contribution in [0, 0.1) is 0 Å². The van der Waals surface area contributed by atoms with Crippen molar-refractivity contribution >= 4 is 29.7 Å². The number of nitrogens with one attached hydrogen (secondary N) is 2. The molecular weight excluding hydrogens is 454 g/mol. The lowest BCUT2D eigenvalue weighted by atomic mass is 9.99. The maximum atomic E-state index is 13.9. The second-order valence-corrected chi connectivity index (χ2v) is 10.6. The fourth-order valence-corrected chi connectivity index (χ4v) is 3.85. The summed E-state index contributed by atoms with van der Waals surface area (Å²) in [4.78, 5) is 41.4. The Morgan fingerprint density at radius 3 is 2.15 bits per heavy atom. The lowest BCUT2D eigenvalue weighted by Gasteiger charge is -2.38. The van der Waals surface area contributed by atoms with E-state index in [0.717, 1.165) is 0 Å². The number of carbonyl (C=O) groups excluding carboxylic acids is 3. The topological polar surface area (TPSA) is 108 Å². The standard InChI is InChI=1S/C25H41N3O5S/c1-9-17(4)28(21(22(30)26-16(2)3)18-10-12-19(29)13-11-18)23(31)20(14-15-34-8)27-24(32)33-25(5,6)7/h10-13,16-17,20-21,29H,9,14-15H2,1-8H3,(H,26,30)(H,27,32). The molecule has 0 aliphatic carbocycles. The van der Waals surface area contributed by atoms with E-state index in [1.807, 2.05) is 34.0 Å². The minimum Gasteiger partial charge on any atom is -0.508 e. The van der Waals surface area contributed by atoms with Gasteiger partial charge in [-0.2, -0.15) is 11.8 Å². The van der Waals surface area contributed by atoms with Gasteiger partial charge in [0.25, 0.3) is 0 Å². The van der Waals surface area contributed by atoms with Crippen molar-refractivity contribution < 1.29 is 24.2 Å². The number of nitrogens with zero attached hydrogens (tertiary/aromatic N) is 1. The predicted octanol–water partition coefficient (Wildman–Crippen LogP) is 4.23. The van der Waals surface area contributed by atoms with E-state index in [0.29, 0.717) is 24.2 Å². The van der Waals surface area contributed by atoms with Crippen LogP contribution in [0.25, 0.3) is 0 Å². The minimum atomic E-state index is -0.928. The lowest BCUT2D eigenvalue weighted by Crippen LogP contribution is -2.56. The van der Waals surface area contributed by atoms with Gasteiger partial charge >= 0.3 is 6.09 Å². The number of benzene rings is 1. The van der Waals surface area contributed by atoms with Crippen molar-refractivity contribution in [3.05, 3.63) is 29.8 Å². The number of alkyl carbamates (subject to hydrolysis) is 1. The highest BCUT2D eigenvalue weighted by Gasteiger charge is 2.38. The van der Waals surface area contributed by atoms with Crippen molar-refractivity contribution in [2.24, 2.45) is 0 Å². The molecule has 0 bridgehead atoms.